The molecule has 4 N–H and O–H groups in total. The lowest BCUT2D eigenvalue weighted by Gasteiger charge is -2.25. The molecule has 2 atom stereocenters. The average molecular weight is 450 g/mol. The maximum absolute atomic E-state index is 11.3. The number of benzene rings is 2. The van der Waals surface area contributed by atoms with E-state index in [9.17, 15) is 9.90 Å². The van der Waals surface area contributed by atoms with E-state index in [1.807, 2.05) is 49.6 Å². The van der Waals surface area contributed by atoms with E-state index in [1.54, 1.807) is 0 Å². The lowest BCUT2D eigenvalue weighted by atomic mass is 10.0. The van der Waals surface area contributed by atoms with Crippen molar-refractivity contribution in [1.82, 2.24) is 15.7 Å². The summed E-state index contributed by atoms with van der Waals surface area (Å²) in [6, 6.07) is 16.2. The Hall–Kier alpha value is -3.36. The lowest BCUT2D eigenvalue weighted by molar-refractivity contribution is -0.121. The number of aromatic nitrogens is 1. The van der Waals surface area contributed by atoms with Gasteiger partial charge in [-0.1, -0.05) is 18.2 Å². The number of ether oxygens (including phenoxy) is 1. The smallest absolute Gasteiger partial charge is 0.240 e. The molecule has 0 saturated carbocycles. The van der Waals surface area contributed by atoms with E-state index in [0.717, 1.165) is 40.2 Å². The normalized spacial score (nSPS) is 15.6. The number of nitrogens with one attached hydrogen (secondary N) is 3. The fourth-order valence-electron chi connectivity index (χ4n) is 3.94. The zero-order valence-electron chi connectivity index (χ0n) is 19.0. The molecule has 1 amide bonds. The molecule has 174 valence electrons. The predicted molar refractivity (Wildman–Crippen MR) is 131 cm³/mol. The number of hydrogen-bond acceptors (Lipinski definition) is 6. The quantitative estimate of drug-likeness (QED) is 0.381. The van der Waals surface area contributed by atoms with Crippen molar-refractivity contribution in [2.24, 2.45) is 5.10 Å². The molecule has 4 rings (SSSR count). The molecular weight excluding hydrogens is 418 g/mol. The van der Waals surface area contributed by atoms with Crippen LogP contribution in [0.3, 0.4) is 0 Å². The number of aromatic amines is 1. The largest absolute Gasteiger partial charge is 0.490 e. The summed E-state index contributed by atoms with van der Waals surface area (Å²) in [5.74, 6) is 0.733. The van der Waals surface area contributed by atoms with Crippen molar-refractivity contribution in [2.45, 2.75) is 31.9 Å². The summed E-state index contributed by atoms with van der Waals surface area (Å²) >= 11 is 0. The number of likely N-dealkylation sites (N-methyl/N-ethyl adjacent to an activating group) is 1. The molecule has 2 aromatic carbocycles. The van der Waals surface area contributed by atoms with Crippen molar-refractivity contribution in [3.05, 3.63) is 60.3 Å². The first kappa shape index (κ1) is 22.8. The monoisotopic (exact) mass is 449 g/mol. The highest BCUT2D eigenvalue weighted by Crippen LogP contribution is 2.24. The van der Waals surface area contributed by atoms with E-state index in [4.69, 9.17) is 4.74 Å². The van der Waals surface area contributed by atoms with Crippen molar-refractivity contribution in [3.8, 4) is 5.75 Å². The van der Waals surface area contributed by atoms with Crippen LogP contribution in [0, 0.1) is 0 Å². The molecule has 0 fully saturated rings. The van der Waals surface area contributed by atoms with Gasteiger partial charge in [0.2, 0.25) is 5.91 Å². The molecule has 33 heavy (non-hydrogen) atoms. The minimum Gasteiger partial charge on any atom is -0.490 e. The summed E-state index contributed by atoms with van der Waals surface area (Å²) in [6.07, 6.45) is 2.41. The number of carbonyl (C=O) groups excluding carboxylic acids is 1. The van der Waals surface area contributed by atoms with E-state index in [0.29, 0.717) is 19.4 Å². The van der Waals surface area contributed by atoms with Gasteiger partial charge in [0, 0.05) is 61.8 Å². The highest BCUT2D eigenvalue weighted by molar-refractivity contribution is 6.04. The third-order valence-electron chi connectivity index (χ3n) is 5.78. The molecule has 0 saturated heterocycles. The molecule has 1 aromatic heterocycles. The highest BCUT2D eigenvalue weighted by atomic mass is 16.5. The van der Waals surface area contributed by atoms with E-state index in [1.165, 1.54) is 0 Å². The molecule has 0 aliphatic carbocycles. The second-order valence-corrected chi connectivity index (χ2v) is 8.49. The molecule has 0 radical (unpaired) electrons. The number of anilines is 1. The Bertz CT molecular complexity index is 1110. The van der Waals surface area contributed by atoms with Crippen LogP contribution >= 0.6 is 0 Å². The molecule has 3 aromatic rings. The molecule has 1 aliphatic rings. The minimum absolute atomic E-state index is 0.0358. The average Bonchev–Trinajstić information content (AvgIpc) is 3.31. The van der Waals surface area contributed by atoms with E-state index in [2.05, 4.69) is 44.8 Å². The van der Waals surface area contributed by atoms with Crippen LogP contribution in [0.1, 0.15) is 25.3 Å². The molecule has 8 nitrogen and oxygen atoms in total. The Morgan fingerprint density at radius 2 is 2.00 bits per heavy atom. The van der Waals surface area contributed by atoms with Gasteiger partial charge in [0.25, 0.3) is 0 Å². The van der Waals surface area contributed by atoms with Gasteiger partial charge in [0.15, 0.2) is 0 Å². The van der Waals surface area contributed by atoms with E-state index >= 15 is 0 Å². The Labute approximate surface area is 193 Å². The molecule has 8 heteroatoms. The van der Waals surface area contributed by atoms with Crippen LogP contribution in [0.15, 0.2) is 59.8 Å². The van der Waals surface area contributed by atoms with Crippen molar-refractivity contribution in [1.29, 1.82) is 0 Å². The first-order chi connectivity index (χ1) is 16.0. The number of aliphatic hydroxyl groups is 1. The second kappa shape index (κ2) is 10.5. The third-order valence-corrected chi connectivity index (χ3v) is 5.78. The summed E-state index contributed by atoms with van der Waals surface area (Å²) in [5.41, 5.74) is 6.58. The van der Waals surface area contributed by atoms with Gasteiger partial charge < -0.3 is 25.0 Å². The van der Waals surface area contributed by atoms with Crippen molar-refractivity contribution in [3.63, 3.8) is 0 Å². The van der Waals surface area contributed by atoms with Crippen LogP contribution in [0.4, 0.5) is 5.69 Å². The number of hydrazone groups is 1. The predicted octanol–water partition coefficient (Wildman–Crippen LogP) is 2.64. The minimum atomic E-state index is -0.608. The molecule has 1 aliphatic heterocycles. The van der Waals surface area contributed by atoms with Crippen LogP contribution in [-0.2, 0) is 4.79 Å². The topological polar surface area (TPSA) is 102 Å². The van der Waals surface area contributed by atoms with Gasteiger partial charge in [0.05, 0.1) is 5.71 Å². The van der Waals surface area contributed by atoms with Gasteiger partial charge in [-0.05, 0) is 42.8 Å². The zero-order chi connectivity index (χ0) is 23.2. The fourth-order valence-corrected chi connectivity index (χ4v) is 3.94. The first-order valence-corrected chi connectivity index (χ1v) is 11.3. The van der Waals surface area contributed by atoms with E-state index in [-0.39, 0.29) is 18.6 Å². The Kier molecular flexibility index (Phi) is 7.26. The molecule has 0 bridgehead atoms. The van der Waals surface area contributed by atoms with Crippen LogP contribution in [-0.4, -0.2) is 60.6 Å². The van der Waals surface area contributed by atoms with Gasteiger partial charge in [-0.2, -0.15) is 5.10 Å². The summed E-state index contributed by atoms with van der Waals surface area (Å²) in [7, 11) is 2.04. The summed E-state index contributed by atoms with van der Waals surface area (Å²) in [5, 5.41) is 18.9. The summed E-state index contributed by atoms with van der Waals surface area (Å²) in [6.45, 7) is 3.55. The Morgan fingerprint density at radius 3 is 2.76 bits per heavy atom. The summed E-state index contributed by atoms with van der Waals surface area (Å²) in [4.78, 5) is 16.6. The maximum Gasteiger partial charge on any atom is 0.240 e. The maximum atomic E-state index is 11.3. The van der Waals surface area contributed by atoms with Crippen LogP contribution in [0.25, 0.3) is 10.9 Å². The zero-order valence-corrected chi connectivity index (χ0v) is 19.0. The SMILES string of the molecule is CC(CN(C)c1ccc(C2=NNC(=O)CC2)cc1)NCC(O)COc1cccc2[nH]ccc12. The number of carbonyl (C=O) groups is 1. The standard InChI is InChI=1S/C25H31N5O3/c1-17(27-14-20(31)16-33-24-5-3-4-23-21(24)12-13-26-23)15-30(2)19-8-6-18(7-9-19)22-10-11-25(32)29-28-22/h3-9,12-13,17,20,26-27,31H,10-11,14-16H2,1-2H3,(H,29,32). The molecular formula is C25H31N5O3. The number of H-pyrrole nitrogens is 1. The van der Waals surface area contributed by atoms with Crippen molar-refractivity contribution in [2.75, 3.05) is 31.6 Å². The fraction of sp³-hybridized carbons (Fsp3) is 0.360. The van der Waals surface area contributed by atoms with E-state index < -0.39 is 6.10 Å². The molecule has 0 spiro atoms. The number of hydrogen-bond donors (Lipinski definition) is 4. The van der Waals surface area contributed by atoms with Gasteiger partial charge in [0.1, 0.15) is 18.5 Å². The first-order valence-electron chi connectivity index (χ1n) is 11.3. The van der Waals surface area contributed by atoms with Crippen molar-refractivity contribution >= 4 is 28.2 Å². The molecule has 2 heterocycles. The molecule has 2 unspecified atom stereocenters. The lowest BCUT2D eigenvalue weighted by Crippen LogP contribution is -2.42. The van der Waals surface area contributed by atoms with Crippen molar-refractivity contribution < 1.29 is 14.6 Å². The number of rotatable bonds is 10. The number of fused-ring (bicyclic) bond motifs is 1. The Morgan fingerprint density at radius 1 is 1.18 bits per heavy atom. The third kappa shape index (κ3) is 5.91. The van der Waals surface area contributed by atoms with Crippen LogP contribution in [0.2, 0.25) is 0 Å². The van der Waals surface area contributed by atoms with Gasteiger partial charge >= 0.3 is 0 Å². The number of amides is 1. The second-order valence-electron chi connectivity index (χ2n) is 8.49. The van der Waals surface area contributed by atoms with Crippen LogP contribution in [0.5, 0.6) is 5.75 Å². The summed E-state index contributed by atoms with van der Waals surface area (Å²) < 4.78 is 5.84. The number of aliphatic hydroxyl groups excluding tert-OH is 1. The van der Waals surface area contributed by atoms with Gasteiger partial charge in [-0.3, -0.25) is 4.79 Å². The van der Waals surface area contributed by atoms with Gasteiger partial charge in [-0.25, -0.2) is 5.43 Å². The highest BCUT2D eigenvalue weighted by Gasteiger charge is 2.14. The van der Waals surface area contributed by atoms with Crippen LogP contribution < -0.4 is 20.4 Å². The van der Waals surface area contributed by atoms with Gasteiger partial charge in [-0.15, -0.1) is 0 Å². The Balaban J connectivity index is 1.21. The number of nitrogens with zero attached hydrogens (tertiary/aromatic N) is 2.